The molecule has 0 aliphatic heterocycles. The minimum absolute atomic E-state index is 0.119. The molecule has 1 unspecified atom stereocenters. The van der Waals surface area contributed by atoms with Gasteiger partial charge >= 0.3 is 0 Å². The second kappa shape index (κ2) is 5.67. The van der Waals surface area contributed by atoms with E-state index in [-0.39, 0.29) is 5.38 Å². The van der Waals surface area contributed by atoms with Crippen LogP contribution in [0.2, 0.25) is 0 Å². The molecule has 0 aliphatic rings. The van der Waals surface area contributed by atoms with Crippen molar-refractivity contribution < 1.29 is 0 Å². The van der Waals surface area contributed by atoms with Crippen LogP contribution in [-0.4, -0.2) is 17.8 Å². The molecule has 0 spiro atoms. The summed E-state index contributed by atoms with van der Waals surface area (Å²) in [6.07, 6.45) is 1.90. The van der Waals surface area contributed by atoms with Crippen molar-refractivity contribution >= 4 is 23.2 Å². The van der Waals surface area contributed by atoms with Gasteiger partial charge in [0.15, 0.2) is 0 Å². The highest BCUT2D eigenvalue weighted by atomic mass is 35.5. The van der Waals surface area contributed by atoms with E-state index in [1.807, 2.05) is 0 Å². The summed E-state index contributed by atoms with van der Waals surface area (Å²) in [6, 6.07) is 0. The van der Waals surface area contributed by atoms with Gasteiger partial charge in [0.05, 0.1) is 0 Å². The molecular formula is C5H11Cl2N. The molecule has 2 N–H and O–H groups in total. The molecule has 0 aromatic rings. The highest BCUT2D eigenvalue weighted by Crippen LogP contribution is 2.03. The third kappa shape index (κ3) is 4.69. The number of hydrogen-bond donors (Lipinski definition) is 1. The zero-order chi connectivity index (χ0) is 6.41. The first-order valence-corrected chi connectivity index (χ1v) is 3.68. The Balaban J connectivity index is 2.86. The summed E-state index contributed by atoms with van der Waals surface area (Å²) in [5.74, 6) is 0.684. The minimum atomic E-state index is 0.119. The predicted octanol–water partition coefficient (Wildman–Crippen LogP) is 1.57. The van der Waals surface area contributed by atoms with E-state index in [2.05, 4.69) is 0 Å². The summed E-state index contributed by atoms with van der Waals surface area (Å²) in [6.45, 7) is 0.554. The van der Waals surface area contributed by atoms with Crippen LogP contribution in [0.15, 0.2) is 0 Å². The van der Waals surface area contributed by atoms with Gasteiger partial charge in [-0.05, 0) is 12.8 Å². The molecule has 3 heteroatoms. The second-order valence-electron chi connectivity index (χ2n) is 1.66. The van der Waals surface area contributed by atoms with E-state index in [0.29, 0.717) is 12.4 Å². The molecule has 0 aromatic heterocycles. The van der Waals surface area contributed by atoms with Crippen molar-refractivity contribution in [1.29, 1.82) is 0 Å². The van der Waals surface area contributed by atoms with Gasteiger partial charge in [0.1, 0.15) is 0 Å². The Morgan fingerprint density at radius 2 is 2.12 bits per heavy atom. The number of halogens is 2. The highest BCUT2D eigenvalue weighted by Gasteiger charge is 1.98. The summed E-state index contributed by atoms with van der Waals surface area (Å²) < 4.78 is 0. The molecule has 1 nitrogen and oxygen atoms in total. The maximum absolute atomic E-state index is 5.66. The fourth-order valence-corrected chi connectivity index (χ4v) is 0.725. The molecule has 0 aromatic carbocycles. The van der Waals surface area contributed by atoms with Crippen molar-refractivity contribution in [1.82, 2.24) is 0 Å². The van der Waals surface area contributed by atoms with Crippen molar-refractivity contribution in [2.24, 2.45) is 5.73 Å². The lowest BCUT2D eigenvalue weighted by Gasteiger charge is -2.01. The van der Waals surface area contributed by atoms with E-state index in [0.717, 1.165) is 12.8 Å². The fraction of sp³-hybridized carbons (Fsp3) is 1.00. The molecule has 0 rings (SSSR count). The Kier molecular flexibility index (Phi) is 6.06. The molecule has 0 aliphatic carbocycles. The molecule has 1 atom stereocenters. The molecule has 0 bridgehead atoms. The lowest BCUT2D eigenvalue weighted by Crippen LogP contribution is -2.13. The standard InChI is InChI=1S/C5H11Cl2N/c6-3-1-2-5(7)4-8/h5H,1-4,8H2. The molecule has 0 radical (unpaired) electrons. The van der Waals surface area contributed by atoms with Crippen LogP contribution in [-0.2, 0) is 0 Å². The molecule has 0 saturated heterocycles. The number of hydrogen-bond acceptors (Lipinski definition) is 1. The van der Waals surface area contributed by atoms with Crippen molar-refractivity contribution in [3.05, 3.63) is 0 Å². The summed E-state index contributed by atoms with van der Waals surface area (Å²) in [5, 5.41) is 0.119. The van der Waals surface area contributed by atoms with Crippen LogP contribution >= 0.6 is 23.2 Å². The van der Waals surface area contributed by atoms with Gasteiger partial charge in [0.2, 0.25) is 0 Å². The molecule has 8 heavy (non-hydrogen) atoms. The molecule has 50 valence electrons. The smallest absolute Gasteiger partial charge is 0.0458 e. The summed E-state index contributed by atoms with van der Waals surface area (Å²) >= 11 is 11.1. The van der Waals surface area contributed by atoms with Gasteiger partial charge in [-0.3, -0.25) is 0 Å². The topological polar surface area (TPSA) is 26.0 Å². The second-order valence-corrected chi connectivity index (χ2v) is 2.66. The zero-order valence-corrected chi connectivity index (χ0v) is 6.25. The average Bonchev–Trinajstić information content (AvgIpc) is 1.83. The maximum Gasteiger partial charge on any atom is 0.0458 e. The van der Waals surface area contributed by atoms with Gasteiger partial charge < -0.3 is 5.73 Å². The van der Waals surface area contributed by atoms with Crippen LogP contribution < -0.4 is 5.73 Å². The molecule has 0 saturated carbocycles. The average molecular weight is 156 g/mol. The van der Waals surface area contributed by atoms with Gasteiger partial charge in [-0.1, -0.05) is 0 Å². The highest BCUT2D eigenvalue weighted by molar-refractivity contribution is 6.21. The summed E-state index contributed by atoms with van der Waals surface area (Å²) in [5.41, 5.74) is 5.24. The van der Waals surface area contributed by atoms with Crippen LogP contribution in [0.1, 0.15) is 12.8 Å². The van der Waals surface area contributed by atoms with E-state index in [1.54, 1.807) is 0 Å². The van der Waals surface area contributed by atoms with E-state index < -0.39 is 0 Å². The molecule has 0 heterocycles. The Labute approximate surface area is 60.1 Å². The Morgan fingerprint density at radius 1 is 1.50 bits per heavy atom. The first-order valence-electron chi connectivity index (χ1n) is 2.71. The Morgan fingerprint density at radius 3 is 2.50 bits per heavy atom. The van der Waals surface area contributed by atoms with Crippen LogP contribution in [0.3, 0.4) is 0 Å². The van der Waals surface area contributed by atoms with Gasteiger partial charge in [-0.25, -0.2) is 0 Å². The van der Waals surface area contributed by atoms with Crippen LogP contribution in [0, 0.1) is 0 Å². The third-order valence-corrected chi connectivity index (χ3v) is 1.57. The largest absolute Gasteiger partial charge is 0.329 e. The van der Waals surface area contributed by atoms with Crippen LogP contribution in [0.4, 0.5) is 0 Å². The SMILES string of the molecule is NCC(Cl)CCCCl. The van der Waals surface area contributed by atoms with Crippen molar-refractivity contribution in [2.45, 2.75) is 18.2 Å². The summed E-state index contributed by atoms with van der Waals surface area (Å²) in [4.78, 5) is 0. The monoisotopic (exact) mass is 155 g/mol. The zero-order valence-electron chi connectivity index (χ0n) is 4.74. The molecular weight excluding hydrogens is 145 g/mol. The van der Waals surface area contributed by atoms with Gasteiger partial charge in [0.25, 0.3) is 0 Å². The Bertz CT molecular complexity index is 49.7. The number of alkyl halides is 2. The van der Waals surface area contributed by atoms with Crippen LogP contribution in [0.25, 0.3) is 0 Å². The Hall–Kier alpha value is 0.540. The van der Waals surface area contributed by atoms with Crippen LogP contribution in [0.5, 0.6) is 0 Å². The predicted molar refractivity (Wildman–Crippen MR) is 38.6 cm³/mol. The first-order chi connectivity index (χ1) is 3.81. The van der Waals surface area contributed by atoms with E-state index in [9.17, 15) is 0 Å². The summed E-state index contributed by atoms with van der Waals surface area (Å²) in [7, 11) is 0. The third-order valence-electron chi connectivity index (χ3n) is 0.907. The molecule has 0 fully saturated rings. The minimum Gasteiger partial charge on any atom is -0.329 e. The maximum atomic E-state index is 5.66. The van der Waals surface area contributed by atoms with E-state index >= 15 is 0 Å². The quantitative estimate of drug-likeness (QED) is 0.614. The van der Waals surface area contributed by atoms with Crippen molar-refractivity contribution in [3.8, 4) is 0 Å². The van der Waals surface area contributed by atoms with Crippen molar-refractivity contribution in [3.63, 3.8) is 0 Å². The lowest BCUT2D eigenvalue weighted by molar-refractivity contribution is 0.739. The lowest BCUT2D eigenvalue weighted by atomic mass is 10.2. The first kappa shape index (κ1) is 8.54. The van der Waals surface area contributed by atoms with E-state index in [4.69, 9.17) is 28.9 Å². The normalized spacial score (nSPS) is 13.9. The molecule has 0 amide bonds. The number of nitrogens with two attached hydrogens (primary N) is 1. The van der Waals surface area contributed by atoms with E-state index in [1.165, 1.54) is 0 Å². The van der Waals surface area contributed by atoms with Crippen molar-refractivity contribution in [2.75, 3.05) is 12.4 Å². The van der Waals surface area contributed by atoms with Gasteiger partial charge in [-0.2, -0.15) is 0 Å². The van der Waals surface area contributed by atoms with Gasteiger partial charge in [0, 0.05) is 17.8 Å². The fourth-order valence-electron chi connectivity index (χ4n) is 0.416. The number of rotatable bonds is 4. The van der Waals surface area contributed by atoms with Gasteiger partial charge in [-0.15, -0.1) is 23.2 Å².